The van der Waals surface area contributed by atoms with Crippen LogP contribution in [-0.4, -0.2) is 37.3 Å². The summed E-state index contributed by atoms with van der Waals surface area (Å²) in [7, 11) is 1.57. The fraction of sp³-hybridized carbons (Fsp3) is 0.417. The third-order valence-electron chi connectivity index (χ3n) is 2.33. The second kappa shape index (κ2) is 6.88. The molecule has 1 aromatic rings. The van der Waals surface area contributed by atoms with Gasteiger partial charge in [-0.25, -0.2) is 0 Å². The highest BCUT2D eigenvalue weighted by molar-refractivity contribution is 5.81. The first-order valence-corrected chi connectivity index (χ1v) is 5.43. The standard InChI is InChI=1S/C12H18N2O3/c1-17-7-6-14-12(16)11(13)8-9-2-4-10(15)5-3-9/h2-5,11,15H,6-8,13H2,1H3,(H,14,16)/t11-/m1/s1. The van der Waals surface area contributed by atoms with Crippen LogP contribution >= 0.6 is 0 Å². The third kappa shape index (κ3) is 4.84. The Morgan fingerprint density at radius 1 is 1.47 bits per heavy atom. The molecule has 5 nitrogen and oxygen atoms in total. The Bertz CT molecular complexity index is 351. The van der Waals surface area contributed by atoms with Crippen molar-refractivity contribution >= 4 is 5.91 Å². The highest BCUT2D eigenvalue weighted by Crippen LogP contribution is 2.10. The first-order valence-electron chi connectivity index (χ1n) is 5.43. The largest absolute Gasteiger partial charge is 0.508 e. The molecule has 0 saturated heterocycles. The molecule has 4 N–H and O–H groups in total. The first kappa shape index (κ1) is 13.5. The van der Waals surface area contributed by atoms with Gasteiger partial charge in [-0.2, -0.15) is 0 Å². The van der Waals surface area contributed by atoms with Crippen LogP contribution in [0.1, 0.15) is 5.56 Å². The van der Waals surface area contributed by atoms with Gasteiger partial charge < -0.3 is 20.9 Å². The second-order valence-electron chi connectivity index (χ2n) is 3.76. The number of carbonyl (C=O) groups is 1. The summed E-state index contributed by atoms with van der Waals surface area (Å²) in [6.45, 7) is 0.927. The molecule has 0 saturated carbocycles. The molecule has 17 heavy (non-hydrogen) atoms. The zero-order valence-electron chi connectivity index (χ0n) is 9.85. The molecule has 0 fully saturated rings. The number of ether oxygens (including phenoxy) is 1. The molecule has 5 heteroatoms. The normalized spacial score (nSPS) is 12.1. The number of amides is 1. The number of hydrogen-bond acceptors (Lipinski definition) is 4. The molecule has 0 bridgehead atoms. The van der Waals surface area contributed by atoms with Crippen LogP contribution in [0, 0.1) is 0 Å². The average Bonchev–Trinajstić information content (AvgIpc) is 2.32. The monoisotopic (exact) mass is 238 g/mol. The van der Waals surface area contributed by atoms with E-state index in [4.69, 9.17) is 15.6 Å². The second-order valence-corrected chi connectivity index (χ2v) is 3.76. The van der Waals surface area contributed by atoms with Crippen LogP contribution in [0.5, 0.6) is 5.75 Å². The van der Waals surface area contributed by atoms with Gasteiger partial charge in [0.1, 0.15) is 5.75 Å². The molecular weight excluding hydrogens is 220 g/mol. The minimum atomic E-state index is -0.587. The van der Waals surface area contributed by atoms with E-state index in [1.165, 1.54) is 0 Å². The van der Waals surface area contributed by atoms with Crippen molar-refractivity contribution in [3.05, 3.63) is 29.8 Å². The summed E-state index contributed by atoms with van der Waals surface area (Å²) in [5.41, 5.74) is 6.67. The maximum absolute atomic E-state index is 11.5. The summed E-state index contributed by atoms with van der Waals surface area (Å²) in [5.74, 6) is 0.00184. The molecule has 0 aliphatic carbocycles. The lowest BCUT2D eigenvalue weighted by Crippen LogP contribution is -2.43. The van der Waals surface area contributed by atoms with Gasteiger partial charge in [0, 0.05) is 13.7 Å². The summed E-state index contributed by atoms with van der Waals surface area (Å²) in [5, 5.41) is 11.8. The summed E-state index contributed by atoms with van der Waals surface area (Å²) in [6, 6.07) is 6.06. The molecule has 0 aromatic heterocycles. The molecule has 0 heterocycles. The van der Waals surface area contributed by atoms with Crippen molar-refractivity contribution in [2.24, 2.45) is 5.73 Å². The molecular formula is C12H18N2O3. The van der Waals surface area contributed by atoms with Gasteiger partial charge in [0.2, 0.25) is 5.91 Å². The fourth-order valence-corrected chi connectivity index (χ4v) is 1.39. The number of nitrogens with two attached hydrogens (primary N) is 1. The fourth-order valence-electron chi connectivity index (χ4n) is 1.39. The zero-order valence-corrected chi connectivity index (χ0v) is 9.85. The Morgan fingerprint density at radius 2 is 2.12 bits per heavy atom. The number of methoxy groups -OCH3 is 1. The van der Waals surface area contributed by atoms with Crippen molar-refractivity contribution in [1.82, 2.24) is 5.32 Å². The molecule has 1 atom stereocenters. The van der Waals surface area contributed by atoms with Crippen LogP contribution in [0.3, 0.4) is 0 Å². The zero-order chi connectivity index (χ0) is 12.7. The van der Waals surface area contributed by atoms with Gasteiger partial charge in [-0.05, 0) is 24.1 Å². The van der Waals surface area contributed by atoms with Gasteiger partial charge in [-0.1, -0.05) is 12.1 Å². The van der Waals surface area contributed by atoms with E-state index in [2.05, 4.69) is 5.32 Å². The average molecular weight is 238 g/mol. The van der Waals surface area contributed by atoms with Crippen LogP contribution in [-0.2, 0) is 16.0 Å². The Morgan fingerprint density at radius 3 is 2.71 bits per heavy atom. The third-order valence-corrected chi connectivity index (χ3v) is 2.33. The Labute approximate surface area is 101 Å². The van der Waals surface area contributed by atoms with E-state index in [-0.39, 0.29) is 11.7 Å². The van der Waals surface area contributed by atoms with Gasteiger partial charge in [-0.3, -0.25) is 4.79 Å². The number of phenolic OH excluding ortho intramolecular Hbond substituents is 1. The predicted octanol–water partition coefficient (Wildman–Crippen LogP) is 0.0246. The molecule has 0 aliphatic rings. The number of phenols is 1. The highest BCUT2D eigenvalue weighted by atomic mass is 16.5. The van der Waals surface area contributed by atoms with Crippen molar-refractivity contribution in [2.45, 2.75) is 12.5 Å². The molecule has 1 rings (SSSR count). The Kier molecular flexibility index (Phi) is 5.45. The minimum absolute atomic E-state index is 0.199. The molecule has 1 amide bonds. The number of benzene rings is 1. The van der Waals surface area contributed by atoms with Gasteiger partial charge >= 0.3 is 0 Å². The summed E-state index contributed by atoms with van der Waals surface area (Å²) < 4.78 is 4.82. The maximum Gasteiger partial charge on any atom is 0.237 e. The molecule has 0 spiro atoms. The number of nitrogens with one attached hydrogen (secondary N) is 1. The molecule has 0 aliphatic heterocycles. The highest BCUT2D eigenvalue weighted by Gasteiger charge is 2.13. The van der Waals surface area contributed by atoms with Crippen molar-refractivity contribution < 1.29 is 14.6 Å². The van der Waals surface area contributed by atoms with Crippen molar-refractivity contribution in [2.75, 3.05) is 20.3 Å². The SMILES string of the molecule is COCCNC(=O)[C@H](N)Cc1ccc(O)cc1. The van der Waals surface area contributed by atoms with Gasteiger partial charge in [-0.15, -0.1) is 0 Å². The first-order chi connectivity index (χ1) is 8.13. The number of rotatable bonds is 6. The summed E-state index contributed by atoms with van der Waals surface area (Å²) in [4.78, 5) is 11.5. The summed E-state index contributed by atoms with van der Waals surface area (Å²) >= 11 is 0. The number of hydrogen-bond donors (Lipinski definition) is 3. The van der Waals surface area contributed by atoms with E-state index in [9.17, 15) is 4.79 Å². The van der Waals surface area contributed by atoms with Crippen LogP contribution < -0.4 is 11.1 Å². The van der Waals surface area contributed by atoms with Crippen molar-refractivity contribution in [1.29, 1.82) is 0 Å². The van der Waals surface area contributed by atoms with E-state index in [1.54, 1.807) is 31.4 Å². The predicted molar refractivity (Wildman–Crippen MR) is 64.7 cm³/mol. The minimum Gasteiger partial charge on any atom is -0.508 e. The van der Waals surface area contributed by atoms with E-state index in [0.717, 1.165) is 5.56 Å². The van der Waals surface area contributed by atoms with Gasteiger partial charge in [0.25, 0.3) is 0 Å². The molecule has 0 unspecified atom stereocenters. The lowest BCUT2D eigenvalue weighted by atomic mass is 10.1. The van der Waals surface area contributed by atoms with Crippen LogP contribution in [0.2, 0.25) is 0 Å². The van der Waals surface area contributed by atoms with Gasteiger partial charge in [0.15, 0.2) is 0 Å². The van der Waals surface area contributed by atoms with Gasteiger partial charge in [0.05, 0.1) is 12.6 Å². The van der Waals surface area contributed by atoms with Crippen LogP contribution in [0.4, 0.5) is 0 Å². The summed E-state index contributed by atoms with van der Waals surface area (Å²) in [6.07, 6.45) is 0.444. The lowest BCUT2D eigenvalue weighted by molar-refractivity contribution is -0.122. The Hall–Kier alpha value is -1.59. The number of aromatic hydroxyl groups is 1. The Balaban J connectivity index is 2.40. The molecule has 94 valence electrons. The molecule has 0 radical (unpaired) electrons. The van der Waals surface area contributed by atoms with E-state index in [0.29, 0.717) is 19.6 Å². The topological polar surface area (TPSA) is 84.6 Å². The van der Waals surface area contributed by atoms with E-state index < -0.39 is 6.04 Å². The van der Waals surface area contributed by atoms with Crippen LogP contribution in [0.15, 0.2) is 24.3 Å². The lowest BCUT2D eigenvalue weighted by Gasteiger charge is -2.12. The van der Waals surface area contributed by atoms with E-state index in [1.807, 2.05) is 0 Å². The smallest absolute Gasteiger partial charge is 0.237 e. The van der Waals surface area contributed by atoms with E-state index >= 15 is 0 Å². The molecule has 1 aromatic carbocycles. The van der Waals surface area contributed by atoms with Crippen molar-refractivity contribution in [3.63, 3.8) is 0 Å². The van der Waals surface area contributed by atoms with Crippen molar-refractivity contribution in [3.8, 4) is 5.75 Å². The maximum atomic E-state index is 11.5. The van der Waals surface area contributed by atoms with Crippen LogP contribution in [0.25, 0.3) is 0 Å². The number of carbonyl (C=O) groups excluding carboxylic acids is 1. The quantitative estimate of drug-likeness (QED) is 0.610.